The zero-order chi connectivity index (χ0) is 15.3. The van der Waals surface area contributed by atoms with E-state index in [0.29, 0.717) is 29.4 Å². The van der Waals surface area contributed by atoms with Gasteiger partial charge in [0, 0.05) is 11.5 Å². The van der Waals surface area contributed by atoms with Gasteiger partial charge >= 0.3 is 0 Å². The fourth-order valence-corrected chi connectivity index (χ4v) is 4.79. The van der Waals surface area contributed by atoms with Crippen molar-refractivity contribution in [3.05, 3.63) is 40.0 Å². The zero-order valence-electron chi connectivity index (χ0n) is 14.0. The summed E-state index contributed by atoms with van der Waals surface area (Å²) in [5.41, 5.74) is 6.96. The summed E-state index contributed by atoms with van der Waals surface area (Å²) in [6.45, 7) is 11.2. The fraction of sp³-hybridized carbons (Fsp3) is 0.600. The van der Waals surface area contributed by atoms with E-state index >= 15 is 0 Å². The standard InChI is InChI=1S/C20H28O/c1-11(2)8-15-9-13(4)16-7-6-12(3)19-17(21)10-14(5)18(15)20(16)19/h8,10,12-13,15-16,21H,6-7,9H2,1-5H3/t12-,13+,15-,16?/m1/s1. The van der Waals surface area contributed by atoms with Crippen molar-refractivity contribution < 1.29 is 5.11 Å². The van der Waals surface area contributed by atoms with E-state index in [1.54, 1.807) is 0 Å². The molecule has 0 amide bonds. The molecule has 0 heterocycles. The highest BCUT2D eigenvalue weighted by Crippen LogP contribution is 2.55. The Labute approximate surface area is 129 Å². The predicted octanol–water partition coefficient (Wildman–Crippen LogP) is 5.77. The highest BCUT2D eigenvalue weighted by molar-refractivity contribution is 5.56. The SMILES string of the molecule is CC(C)=C[C@@H]1C[C@H](C)C2CC[C@@H](C)c3c(O)cc(C)c1c32. The number of allylic oxidation sites excluding steroid dienone is 2. The zero-order valence-corrected chi connectivity index (χ0v) is 14.0. The van der Waals surface area contributed by atoms with Crippen LogP contribution in [0, 0.1) is 12.8 Å². The van der Waals surface area contributed by atoms with Crippen LogP contribution in [-0.4, -0.2) is 5.11 Å². The Balaban J connectivity index is 2.27. The summed E-state index contributed by atoms with van der Waals surface area (Å²) >= 11 is 0. The van der Waals surface area contributed by atoms with Crippen LogP contribution in [0.1, 0.15) is 87.0 Å². The summed E-state index contributed by atoms with van der Waals surface area (Å²) < 4.78 is 0. The van der Waals surface area contributed by atoms with E-state index in [2.05, 4.69) is 40.7 Å². The number of hydrogen-bond acceptors (Lipinski definition) is 1. The van der Waals surface area contributed by atoms with E-state index in [0.717, 1.165) is 0 Å². The summed E-state index contributed by atoms with van der Waals surface area (Å²) in [6, 6.07) is 2.01. The number of hydrogen-bond donors (Lipinski definition) is 1. The summed E-state index contributed by atoms with van der Waals surface area (Å²) in [5, 5.41) is 10.5. The first-order valence-electron chi connectivity index (χ1n) is 8.41. The molecule has 114 valence electrons. The second kappa shape index (κ2) is 5.19. The number of aryl methyl sites for hydroxylation is 1. The Morgan fingerprint density at radius 1 is 1.14 bits per heavy atom. The van der Waals surface area contributed by atoms with Crippen molar-refractivity contribution in [2.24, 2.45) is 5.92 Å². The molecule has 0 saturated heterocycles. The average molecular weight is 284 g/mol. The molecule has 2 aliphatic carbocycles. The van der Waals surface area contributed by atoms with E-state index < -0.39 is 0 Å². The molecule has 0 spiro atoms. The van der Waals surface area contributed by atoms with Crippen molar-refractivity contribution in [1.82, 2.24) is 0 Å². The summed E-state index contributed by atoms with van der Waals surface area (Å²) in [4.78, 5) is 0. The van der Waals surface area contributed by atoms with Crippen molar-refractivity contribution >= 4 is 0 Å². The van der Waals surface area contributed by atoms with Crippen LogP contribution >= 0.6 is 0 Å². The van der Waals surface area contributed by atoms with Crippen LogP contribution in [0.3, 0.4) is 0 Å². The molecule has 0 aromatic heterocycles. The molecule has 1 unspecified atom stereocenters. The van der Waals surface area contributed by atoms with E-state index in [9.17, 15) is 5.11 Å². The summed E-state index contributed by atoms with van der Waals surface area (Å²) in [5.74, 6) is 2.92. The molecule has 1 aromatic carbocycles. The van der Waals surface area contributed by atoms with Crippen LogP contribution in [-0.2, 0) is 0 Å². The number of benzene rings is 1. The third-order valence-electron chi connectivity index (χ3n) is 5.63. The molecule has 2 aliphatic rings. The van der Waals surface area contributed by atoms with E-state index in [1.165, 1.54) is 47.1 Å². The first-order valence-corrected chi connectivity index (χ1v) is 8.41. The van der Waals surface area contributed by atoms with Gasteiger partial charge in [0.2, 0.25) is 0 Å². The molecular weight excluding hydrogens is 256 g/mol. The van der Waals surface area contributed by atoms with Crippen molar-refractivity contribution in [2.75, 3.05) is 0 Å². The molecule has 1 nitrogen and oxygen atoms in total. The van der Waals surface area contributed by atoms with Crippen LogP contribution in [0.4, 0.5) is 0 Å². The first kappa shape index (κ1) is 14.7. The lowest BCUT2D eigenvalue weighted by Crippen LogP contribution is -2.27. The Hall–Kier alpha value is -1.24. The molecule has 21 heavy (non-hydrogen) atoms. The maximum atomic E-state index is 10.5. The molecular formula is C20H28O. The van der Waals surface area contributed by atoms with Crippen LogP contribution < -0.4 is 0 Å². The molecule has 1 heteroatoms. The van der Waals surface area contributed by atoms with Crippen molar-refractivity contribution in [2.45, 2.75) is 71.6 Å². The van der Waals surface area contributed by atoms with Gasteiger partial charge in [-0.05, 0) is 80.5 Å². The highest BCUT2D eigenvalue weighted by atomic mass is 16.3. The Kier molecular flexibility index (Phi) is 3.63. The van der Waals surface area contributed by atoms with Gasteiger partial charge in [-0.2, -0.15) is 0 Å². The molecule has 0 saturated carbocycles. The molecule has 3 rings (SSSR count). The Morgan fingerprint density at radius 3 is 2.52 bits per heavy atom. The van der Waals surface area contributed by atoms with Crippen LogP contribution in [0.2, 0.25) is 0 Å². The van der Waals surface area contributed by atoms with Gasteiger partial charge in [0.05, 0.1) is 0 Å². The number of phenolic OH excluding ortho intramolecular Hbond substituents is 1. The second-order valence-electron chi connectivity index (χ2n) is 7.60. The predicted molar refractivity (Wildman–Crippen MR) is 89.2 cm³/mol. The first-order chi connectivity index (χ1) is 9.90. The molecule has 0 bridgehead atoms. The topological polar surface area (TPSA) is 20.2 Å². The maximum absolute atomic E-state index is 10.5. The number of rotatable bonds is 1. The molecule has 0 aliphatic heterocycles. The Morgan fingerprint density at radius 2 is 1.86 bits per heavy atom. The smallest absolute Gasteiger partial charge is 0.119 e. The van der Waals surface area contributed by atoms with Crippen LogP contribution in [0.15, 0.2) is 17.7 Å². The highest BCUT2D eigenvalue weighted by Gasteiger charge is 2.39. The minimum Gasteiger partial charge on any atom is -0.508 e. The number of aromatic hydroxyl groups is 1. The van der Waals surface area contributed by atoms with Crippen LogP contribution in [0.5, 0.6) is 5.75 Å². The molecule has 0 fully saturated rings. The monoisotopic (exact) mass is 284 g/mol. The number of phenols is 1. The molecule has 1 N–H and O–H groups in total. The quantitative estimate of drug-likeness (QED) is 0.649. The third kappa shape index (κ3) is 2.31. The van der Waals surface area contributed by atoms with E-state index in [4.69, 9.17) is 0 Å². The van der Waals surface area contributed by atoms with Gasteiger partial charge in [-0.25, -0.2) is 0 Å². The lowest BCUT2D eigenvalue weighted by molar-refractivity contribution is 0.326. The van der Waals surface area contributed by atoms with E-state index in [-0.39, 0.29) is 0 Å². The van der Waals surface area contributed by atoms with Crippen molar-refractivity contribution in [3.63, 3.8) is 0 Å². The van der Waals surface area contributed by atoms with Crippen LogP contribution in [0.25, 0.3) is 0 Å². The van der Waals surface area contributed by atoms with Gasteiger partial charge < -0.3 is 5.11 Å². The van der Waals surface area contributed by atoms with Crippen molar-refractivity contribution in [1.29, 1.82) is 0 Å². The van der Waals surface area contributed by atoms with Gasteiger partial charge in [-0.15, -0.1) is 0 Å². The van der Waals surface area contributed by atoms with Crippen molar-refractivity contribution in [3.8, 4) is 5.75 Å². The minimum absolute atomic E-state index is 0.494. The largest absolute Gasteiger partial charge is 0.508 e. The summed E-state index contributed by atoms with van der Waals surface area (Å²) in [6.07, 6.45) is 6.19. The maximum Gasteiger partial charge on any atom is 0.119 e. The van der Waals surface area contributed by atoms with Gasteiger partial charge in [-0.3, -0.25) is 0 Å². The van der Waals surface area contributed by atoms with Gasteiger partial charge in [0.25, 0.3) is 0 Å². The molecule has 4 atom stereocenters. The lowest BCUT2D eigenvalue weighted by Gasteiger charge is -2.42. The Bertz CT molecular complexity index is 592. The lowest BCUT2D eigenvalue weighted by atomic mass is 9.62. The summed E-state index contributed by atoms with van der Waals surface area (Å²) in [7, 11) is 0. The van der Waals surface area contributed by atoms with Gasteiger partial charge in [-0.1, -0.05) is 25.5 Å². The fourth-order valence-electron chi connectivity index (χ4n) is 4.79. The van der Waals surface area contributed by atoms with Gasteiger partial charge in [0.1, 0.15) is 5.75 Å². The molecule has 1 aromatic rings. The van der Waals surface area contributed by atoms with E-state index in [1.807, 2.05) is 6.07 Å². The normalized spacial score (nSPS) is 30.7. The third-order valence-corrected chi connectivity index (χ3v) is 5.63. The average Bonchev–Trinajstić information content (AvgIpc) is 2.36. The minimum atomic E-state index is 0.494. The van der Waals surface area contributed by atoms with Gasteiger partial charge in [0.15, 0.2) is 0 Å². The second-order valence-corrected chi connectivity index (χ2v) is 7.60. The molecule has 0 radical (unpaired) electrons.